The summed E-state index contributed by atoms with van der Waals surface area (Å²) in [5.74, 6) is -0.233. The van der Waals surface area contributed by atoms with Crippen LogP contribution < -0.4 is 0 Å². The summed E-state index contributed by atoms with van der Waals surface area (Å²) in [6.07, 6.45) is 4.88. The van der Waals surface area contributed by atoms with Crippen molar-refractivity contribution in [1.82, 2.24) is 0 Å². The maximum Gasteiger partial charge on any atom is 0.308 e. The van der Waals surface area contributed by atoms with Crippen molar-refractivity contribution in [3.8, 4) is 0 Å². The van der Waals surface area contributed by atoms with E-state index in [2.05, 4.69) is 40.4 Å². The van der Waals surface area contributed by atoms with Gasteiger partial charge in [0.2, 0.25) is 0 Å². The van der Waals surface area contributed by atoms with Gasteiger partial charge >= 0.3 is 5.97 Å². The van der Waals surface area contributed by atoms with E-state index >= 15 is 0 Å². The van der Waals surface area contributed by atoms with Gasteiger partial charge in [0.1, 0.15) is 12.2 Å². The fourth-order valence-corrected chi connectivity index (χ4v) is 4.58. The Kier molecular flexibility index (Phi) is 7.48. The second-order valence-corrected chi connectivity index (χ2v) is 13.7. The smallest absolute Gasteiger partial charge is 0.308 e. The van der Waals surface area contributed by atoms with E-state index in [-0.39, 0.29) is 41.8 Å². The van der Waals surface area contributed by atoms with Gasteiger partial charge in [-0.3, -0.25) is 4.79 Å². The fourth-order valence-electron chi connectivity index (χ4n) is 3.20. The predicted octanol–water partition coefficient (Wildman–Crippen LogP) is 4.22. The summed E-state index contributed by atoms with van der Waals surface area (Å²) in [6.45, 7) is 16.3. The van der Waals surface area contributed by atoms with Gasteiger partial charge < -0.3 is 18.6 Å². The lowest BCUT2D eigenvalue weighted by atomic mass is 10.0. The molecule has 0 aromatic heterocycles. The van der Waals surface area contributed by atoms with E-state index in [1.54, 1.807) is 6.08 Å². The molecule has 4 atom stereocenters. The van der Waals surface area contributed by atoms with Crippen molar-refractivity contribution in [1.29, 1.82) is 0 Å². The Balaban J connectivity index is 1.94. The van der Waals surface area contributed by atoms with Crippen LogP contribution in [0.1, 0.15) is 52.9 Å². The molecular weight excluding hydrogens is 348 g/mol. The van der Waals surface area contributed by atoms with E-state index < -0.39 is 8.32 Å². The lowest BCUT2D eigenvalue weighted by Gasteiger charge is -2.42. The van der Waals surface area contributed by atoms with Crippen molar-refractivity contribution < 1.29 is 23.4 Å². The van der Waals surface area contributed by atoms with Crippen LogP contribution in [0.4, 0.5) is 0 Å². The second-order valence-electron chi connectivity index (χ2n) is 8.91. The molecule has 6 heteroatoms. The molecule has 26 heavy (non-hydrogen) atoms. The zero-order chi connectivity index (χ0) is 19.4. The topological polar surface area (TPSA) is 54.0 Å². The van der Waals surface area contributed by atoms with E-state index in [0.717, 1.165) is 25.7 Å². The highest BCUT2D eigenvalue weighted by Crippen LogP contribution is 2.39. The quantitative estimate of drug-likeness (QED) is 0.390. The second kappa shape index (κ2) is 9.00. The first-order chi connectivity index (χ1) is 12.1. The van der Waals surface area contributed by atoms with Gasteiger partial charge in [0.25, 0.3) is 0 Å². The van der Waals surface area contributed by atoms with Crippen LogP contribution in [-0.4, -0.2) is 51.9 Å². The lowest BCUT2D eigenvalue weighted by Crippen LogP contribution is -2.49. The van der Waals surface area contributed by atoms with E-state index in [0.29, 0.717) is 13.2 Å². The number of rotatable bonds is 6. The molecule has 0 unspecified atom stereocenters. The normalized spacial score (nSPS) is 30.7. The summed E-state index contributed by atoms with van der Waals surface area (Å²) in [6, 6.07) is 0. The SMILES string of the molecule is C=C[C@@H]1OCCC[C@H]1OC(=O)C[C@H]1OCCC[C@@H]1O[Si](C)(C)C(C)(C)C. The van der Waals surface area contributed by atoms with Crippen LogP contribution in [0.3, 0.4) is 0 Å². The molecule has 150 valence electrons. The van der Waals surface area contributed by atoms with Crippen molar-refractivity contribution in [3.05, 3.63) is 12.7 Å². The number of hydrogen-bond acceptors (Lipinski definition) is 5. The molecule has 2 heterocycles. The molecule has 0 spiro atoms. The molecule has 2 rings (SSSR count). The van der Waals surface area contributed by atoms with Crippen LogP contribution in [0.2, 0.25) is 18.1 Å². The van der Waals surface area contributed by atoms with Crippen LogP contribution in [0.15, 0.2) is 12.7 Å². The third-order valence-corrected chi connectivity index (χ3v) is 10.3. The van der Waals surface area contributed by atoms with Crippen molar-refractivity contribution in [2.45, 2.75) is 95.4 Å². The summed E-state index contributed by atoms with van der Waals surface area (Å²) in [5.41, 5.74) is 0. The van der Waals surface area contributed by atoms with Gasteiger partial charge in [0, 0.05) is 13.2 Å². The van der Waals surface area contributed by atoms with Gasteiger partial charge in [-0.15, -0.1) is 6.58 Å². The molecule has 2 fully saturated rings. The minimum atomic E-state index is -1.91. The largest absolute Gasteiger partial charge is 0.459 e. The van der Waals surface area contributed by atoms with Crippen molar-refractivity contribution in [2.75, 3.05) is 13.2 Å². The lowest BCUT2D eigenvalue weighted by molar-refractivity contribution is -0.166. The van der Waals surface area contributed by atoms with Crippen molar-refractivity contribution in [2.24, 2.45) is 0 Å². The van der Waals surface area contributed by atoms with E-state index in [1.807, 2.05) is 0 Å². The number of carbonyl (C=O) groups is 1. The molecule has 0 aliphatic carbocycles. The number of carbonyl (C=O) groups excluding carboxylic acids is 1. The van der Waals surface area contributed by atoms with Gasteiger partial charge in [-0.1, -0.05) is 26.8 Å². The summed E-state index contributed by atoms with van der Waals surface area (Å²) in [4.78, 5) is 12.5. The highest BCUT2D eigenvalue weighted by atomic mass is 28.4. The van der Waals surface area contributed by atoms with Crippen LogP contribution >= 0.6 is 0 Å². The molecule has 0 radical (unpaired) electrons. The molecular formula is C20H36O5Si. The molecule has 0 N–H and O–H groups in total. The molecule has 0 bridgehead atoms. The molecule has 0 amide bonds. The maximum atomic E-state index is 12.5. The van der Waals surface area contributed by atoms with Gasteiger partial charge in [-0.25, -0.2) is 0 Å². The van der Waals surface area contributed by atoms with Gasteiger partial charge in [-0.2, -0.15) is 0 Å². The van der Waals surface area contributed by atoms with Gasteiger partial charge in [0.05, 0.1) is 18.6 Å². The average molecular weight is 385 g/mol. The number of hydrogen-bond donors (Lipinski definition) is 0. The first-order valence-corrected chi connectivity index (χ1v) is 12.8. The summed E-state index contributed by atoms with van der Waals surface area (Å²) in [5, 5.41) is 0.131. The number of esters is 1. The molecule has 2 aliphatic rings. The van der Waals surface area contributed by atoms with Crippen LogP contribution in [0.5, 0.6) is 0 Å². The average Bonchev–Trinajstić information content (AvgIpc) is 2.56. The van der Waals surface area contributed by atoms with Gasteiger partial charge in [0.15, 0.2) is 8.32 Å². The van der Waals surface area contributed by atoms with Crippen LogP contribution in [-0.2, 0) is 23.4 Å². The van der Waals surface area contributed by atoms with E-state index in [1.165, 1.54) is 0 Å². The molecule has 0 saturated carbocycles. The monoisotopic (exact) mass is 384 g/mol. The third kappa shape index (κ3) is 5.65. The molecule has 5 nitrogen and oxygen atoms in total. The fraction of sp³-hybridized carbons (Fsp3) is 0.850. The molecule has 0 aromatic carbocycles. The van der Waals surface area contributed by atoms with Crippen molar-refractivity contribution >= 4 is 14.3 Å². The van der Waals surface area contributed by atoms with E-state index in [4.69, 9.17) is 18.6 Å². The highest BCUT2D eigenvalue weighted by molar-refractivity contribution is 6.74. The van der Waals surface area contributed by atoms with Gasteiger partial charge in [-0.05, 0) is 43.8 Å². The maximum absolute atomic E-state index is 12.5. The Morgan fingerprint density at radius 1 is 1.15 bits per heavy atom. The van der Waals surface area contributed by atoms with Crippen molar-refractivity contribution in [3.63, 3.8) is 0 Å². The standard InChI is InChI=1S/C20H36O5Si/c1-7-15-16(10-8-12-22-15)24-19(21)14-18-17(11-9-13-23-18)25-26(5,6)20(2,3)4/h7,15-18H,1,8-14H2,2-6H3/t15-,16+,17-,18+/m0/s1. The summed E-state index contributed by atoms with van der Waals surface area (Å²) >= 11 is 0. The Morgan fingerprint density at radius 2 is 1.77 bits per heavy atom. The highest BCUT2D eigenvalue weighted by Gasteiger charge is 2.42. The zero-order valence-corrected chi connectivity index (χ0v) is 18.1. The first-order valence-electron chi connectivity index (χ1n) is 9.87. The zero-order valence-electron chi connectivity index (χ0n) is 17.1. The Labute approximate surface area is 159 Å². The van der Waals surface area contributed by atoms with E-state index in [9.17, 15) is 4.79 Å². The number of ether oxygens (including phenoxy) is 3. The molecule has 0 aromatic rings. The summed E-state index contributed by atoms with van der Waals surface area (Å²) < 4.78 is 23.8. The molecule has 2 saturated heterocycles. The Hall–Kier alpha value is -0.693. The van der Waals surface area contributed by atoms with Crippen LogP contribution in [0, 0.1) is 0 Å². The molecule has 2 aliphatic heterocycles. The third-order valence-electron chi connectivity index (χ3n) is 5.82. The summed E-state index contributed by atoms with van der Waals surface area (Å²) in [7, 11) is -1.91. The Bertz CT molecular complexity index is 485. The predicted molar refractivity (Wildman–Crippen MR) is 105 cm³/mol. The first kappa shape index (κ1) is 21.6. The Morgan fingerprint density at radius 3 is 2.38 bits per heavy atom. The minimum absolute atomic E-state index is 0.0324. The van der Waals surface area contributed by atoms with Crippen LogP contribution in [0.25, 0.3) is 0 Å². The minimum Gasteiger partial charge on any atom is -0.459 e.